The Morgan fingerprint density at radius 2 is 1.61 bits per heavy atom. The number of nitrogens with zero attached hydrogens (tertiary/aromatic N) is 5. The molecule has 0 unspecified atom stereocenters. The van der Waals surface area contributed by atoms with E-state index < -0.39 is 47.0 Å². The van der Waals surface area contributed by atoms with Crippen molar-refractivity contribution in [1.29, 1.82) is 0 Å². The number of hydrogen-bond acceptors (Lipinski definition) is 5. The normalized spacial score (nSPS) is 12.6. The summed E-state index contributed by atoms with van der Waals surface area (Å²) in [5, 5.41) is 6.22. The highest BCUT2D eigenvalue weighted by Gasteiger charge is 2.43. The first kappa shape index (κ1) is 16.9. The maximum absolute atomic E-state index is 13.6. The van der Waals surface area contributed by atoms with E-state index >= 15 is 0 Å². The summed E-state index contributed by atoms with van der Waals surface area (Å²) in [6.45, 7) is 0. The highest BCUT2D eigenvalue weighted by atomic mass is 19.4. The second-order valence-electron chi connectivity index (χ2n) is 4.13. The molecule has 2 aromatic rings. The van der Waals surface area contributed by atoms with Crippen LogP contribution in [0.5, 0.6) is 5.88 Å². The fourth-order valence-corrected chi connectivity index (χ4v) is 1.73. The van der Waals surface area contributed by atoms with Crippen LogP contribution in [0.4, 0.5) is 30.7 Å². The Labute approximate surface area is 122 Å². The van der Waals surface area contributed by atoms with Crippen molar-refractivity contribution in [3.8, 4) is 17.4 Å². The lowest BCUT2D eigenvalue weighted by Crippen LogP contribution is -2.16. The monoisotopic (exact) mass is 345 g/mol. The fourth-order valence-electron chi connectivity index (χ4n) is 1.73. The van der Waals surface area contributed by atoms with Crippen molar-refractivity contribution in [2.75, 3.05) is 7.11 Å². The first-order valence-electron chi connectivity index (χ1n) is 5.62. The van der Waals surface area contributed by atoms with E-state index in [4.69, 9.17) is 0 Å². The molecule has 6 nitrogen and oxygen atoms in total. The Hall–Kier alpha value is -2.47. The number of hydrogen-bond donors (Lipinski definition) is 0. The Balaban J connectivity index is 2.71. The molecule has 0 N–H and O–H groups in total. The van der Waals surface area contributed by atoms with Crippen LogP contribution in [0.3, 0.4) is 0 Å². The molecule has 23 heavy (non-hydrogen) atoms. The maximum Gasteiger partial charge on any atom is 0.435 e. The van der Waals surface area contributed by atoms with E-state index in [-0.39, 0.29) is 0 Å². The summed E-state index contributed by atoms with van der Waals surface area (Å²) in [7, 11) is 1.65. The molecule has 0 amide bonds. The van der Waals surface area contributed by atoms with Crippen LogP contribution < -0.4 is 4.74 Å². The zero-order valence-electron chi connectivity index (χ0n) is 11.3. The van der Waals surface area contributed by atoms with Gasteiger partial charge in [-0.2, -0.15) is 40.7 Å². The van der Waals surface area contributed by atoms with Gasteiger partial charge in [-0.1, -0.05) is 5.21 Å². The summed E-state index contributed by atoms with van der Waals surface area (Å²) in [6.07, 6.45) is -10.1. The molecule has 0 aromatic carbocycles. The largest absolute Gasteiger partial charge is 0.480 e. The van der Waals surface area contributed by atoms with Gasteiger partial charge in [0.2, 0.25) is 11.8 Å². The minimum absolute atomic E-state index is 0.320. The van der Waals surface area contributed by atoms with E-state index in [9.17, 15) is 30.7 Å². The first-order valence-corrected chi connectivity index (χ1v) is 5.62. The van der Waals surface area contributed by atoms with E-state index in [0.29, 0.717) is 4.68 Å². The summed E-state index contributed by atoms with van der Waals surface area (Å²) >= 11 is 0. The summed E-state index contributed by atoms with van der Waals surface area (Å²) in [5.74, 6) is -4.38. The molecule has 13 heteroatoms. The van der Waals surface area contributed by atoms with Crippen LogP contribution in [-0.4, -0.2) is 32.1 Å². The SMILES string of the molecule is COc1nc(-c2nnn(C)c2C(F)(F)F)nc(F)c1C(F)(F)F. The topological polar surface area (TPSA) is 65.7 Å². The van der Waals surface area contributed by atoms with Gasteiger partial charge in [0.1, 0.15) is 0 Å². The zero-order valence-corrected chi connectivity index (χ0v) is 11.3. The Morgan fingerprint density at radius 1 is 1.00 bits per heavy atom. The molecule has 2 aromatic heterocycles. The summed E-state index contributed by atoms with van der Waals surface area (Å²) < 4.78 is 95.1. The van der Waals surface area contributed by atoms with E-state index in [1.54, 1.807) is 0 Å². The molecule has 0 spiro atoms. The van der Waals surface area contributed by atoms with Gasteiger partial charge in [0.15, 0.2) is 22.8 Å². The lowest BCUT2D eigenvalue weighted by atomic mass is 10.2. The van der Waals surface area contributed by atoms with Gasteiger partial charge in [-0.05, 0) is 0 Å². The third-order valence-electron chi connectivity index (χ3n) is 2.62. The molecular formula is C10H6F7N5O. The molecule has 0 atom stereocenters. The van der Waals surface area contributed by atoms with E-state index in [1.165, 1.54) is 0 Å². The molecule has 0 radical (unpaired) electrons. The number of aromatic nitrogens is 5. The second kappa shape index (κ2) is 5.31. The smallest absolute Gasteiger partial charge is 0.435 e. The Bertz CT molecular complexity index is 736. The molecular weight excluding hydrogens is 339 g/mol. The molecule has 0 aliphatic carbocycles. The van der Waals surface area contributed by atoms with Gasteiger partial charge in [-0.25, -0.2) is 4.68 Å². The molecule has 0 fully saturated rings. The predicted molar refractivity (Wildman–Crippen MR) is 58.5 cm³/mol. The number of aryl methyl sites for hydroxylation is 1. The average Bonchev–Trinajstić information content (AvgIpc) is 2.77. The quantitative estimate of drug-likeness (QED) is 0.618. The van der Waals surface area contributed by atoms with Crippen LogP contribution in [0, 0.1) is 5.95 Å². The van der Waals surface area contributed by atoms with Crippen molar-refractivity contribution in [2.45, 2.75) is 12.4 Å². The van der Waals surface area contributed by atoms with E-state index in [0.717, 1.165) is 14.2 Å². The molecule has 2 rings (SSSR count). The van der Waals surface area contributed by atoms with Crippen molar-refractivity contribution in [3.63, 3.8) is 0 Å². The predicted octanol–water partition coefficient (Wildman–Crippen LogP) is 2.46. The highest BCUT2D eigenvalue weighted by Crippen LogP contribution is 2.39. The fraction of sp³-hybridized carbons (Fsp3) is 0.400. The van der Waals surface area contributed by atoms with Gasteiger partial charge in [0, 0.05) is 7.05 Å². The van der Waals surface area contributed by atoms with Gasteiger partial charge in [-0.15, -0.1) is 5.10 Å². The summed E-state index contributed by atoms with van der Waals surface area (Å²) in [4.78, 5) is 5.98. The van der Waals surface area contributed by atoms with E-state index in [1.807, 2.05) is 0 Å². The van der Waals surface area contributed by atoms with Gasteiger partial charge < -0.3 is 4.74 Å². The third-order valence-corrected chi connectivity index (χ3v) is 2.62. The number of alkyl halides is 6. The van der Waals surface area contributed by atoms with Crippen LogP contribution in [0.25, 0.3) is 11.5 Å². The molecule has 0 saturated heterocycles. The lowest BCUT2D eigenvalue weighted by Gasteiger charge is -2.13. The van der Waals surface area contributed by atoms with Gasteiger partial charge in [0.25, 0.3) is 0 Å². The zero-order chi connectivity index (χ0) is 17.6. The highest BCUT2D eigenvalue weighted by molar-refractivity contribution is 5.54. The van der Waals surface area contributed by atoms with Gasteiger partial charge in [0.05, 0.1) is 7.11 Å². The number of methoxy groups -OCH3 is 1. The third kappa shape index (κ3) is 3.03. The molecule has 2 heterocycles. The van der Waals surface area contributed by atoms with Crippen LogP contribution in [-0.2, 0) is 19.4 Å². The first-order chi connectivity index (χ1) is 10.5. The van der Waals surface area contributed by atoms with Crippen LogP contribution >= 0.6 is 0 Å². The van der Waals surface area contributed by atoms with Crippen molar-refractivity contribution in [3.05, 3.63) is 17.2 Å². The van der Waals surface area contributed by atoms with Crippen LogP contribution in [0.1, 0.15) is 11.3 Å². The second-order valence-corrected chi connectivity index (χ2v) is 4.13. The molecule has 0 aliphatic heterocycles. The molecule has 126 valence electrons. The van der Waals surface area contributed by atoms with Crippen molar-refractivity contribution >= 4 is 0 Å². The lowest BCUT2D eigenvalue weighted by molar-refractivity contribution is -0.144. The Morgan fingerprint density at radius 3 is 2.09 bits per heavy atom. The summed E-state index contributed by atoms with van der Waals surface area (Å²) in [5.41, 5.74) is -4.40. The standard InChI is InChI=1S/C10H6F7N5O/c1-22-5(10(15,16)17)4(20-21-22)7-18-6(11)3(9(12,13)14)8(19-7)23-2/h1-2H3. The van der Waals surface area contributed by atoms with Crippen molar-refractivity contribution < 1.29 is 35.5 Å². The Kier molecular flexibility index (Phi) is 3.90. The van der Waals surface area contributed by atoms with Crippen molar-refractivity contribution in [1.82, 2.24) is 25.0 Å². The average molecular weight is 345 g/mol. The van der Waals surface area contributed by atoms with E-state index in [2.05, 4.69) is 25.0 Å². The molecule has 0 bridgehead atoms. The molecule has 0 saturated carbocycles. The molecule has 0 aliphatic rings. The minimum atomic E-state index is -5.19. The number of rotatable bonds is 2. The van der Waals surface area contributed by atoms with Gasteiger partial charge >= 0.3 is 12.4 Å². The minimum Gasteiger partial charge on any atom is -0.480 e. The van der Waals surface area contributed by atoms with Crippen molar-refractivity contribution in [2.24, 2.45) is 7.05 Å². The van der Waals surface area contributed by atoms with Crippen LogP contribution in [0.15, 0.2) is 0 Å². The van der Waals surface area contributed by atoms with Crippen LogP contribution in [0.2, 0.25) is 0 Å². The van der Waals surface area contributed by atoms with Gasteiger partial charge in [-0.3, -0.25) is 0 Å². The number of ether oxygens (including phenoxy) is 1. The maximum atomic E-state index is 13.6. The number of halogens is 7. The summed E-state index contributed by atoms with van der Waals surface area (Å²) in [6, 6.07) is 0.